The van der Waals surface area contributed by atoms with Gasteiger partial charge in [-0.25, -0.2) is 4.39 Å². The molecule has 4 nitrogen and oxygen atoms in total. The van der Waals surface area contributed by atoms with E-state index in [4.69, 9.17) is 11.5 Å². The summed E-state index contributed by atoms with van der Waals surface area (Å²) in [5.74, 6) is -0.761. The van der Waals surface area contributed by atoms with Crippen molar-refractivity contribution in [1.82, 2.24) is 4.98 Å². The van der Waals surface area contributed by atoms with Crippen LogP contribution in [0.5, 0.6) is 0 Å². The van der Waals surface area contributed by atoms with Gasteiger partial charge in [0.15, 0.2) is 0 Å². The van der Waals surface area contributed by atoms with Gasteiger partial charge in [-0.2, -0.15) is 0 Å². The van der Waals surface area contributed by atoms with Crippen LogP contribution in [0, 0.1) is 5.82 Å². The lowest BCUT2D eigenvalue weighted by molar-refractivity contribution is 0.100. The number of nitrogens with one attached hydrogen (secondary N) is 1. The van der Waals surface area contributed by atoms with Gasteiger partial charge in [-0.15, -0.1) is 0 Å². The van der Waals surface area contributed by atoms with Gasteiger partial charge in [0.1, 0.15) is 5.82 Å². The summed E-state index contributed by atoms with van der Waals surface area (Å²) in [6, 6.07) is 1.44. The van der Waals surface area contributed by atoms with Gasteiger partial charge < -0.3 is 16.5 Å². The molecule has 0 saturated heterocycles. The maximum absolute atomic E-state index is 14.9. The van der Waals surface area contributed by atoms with Gasteiger partial charge in [-0.05, 0) is 56.1 Å². The number of carbonyl (C=O) groups is 1. The van der Waals surface area contributed by atoms with E-state index >= 15 is 0 Å². The van der Waals surface area contributed by atoms with Crippen LogP contribution in [0.2, 0.25) is 0 Å². The van der Waals surface area contributed by atoms with Gasteiger partial charge in [0.2, 0.25) is 0 Å². The highest BCUT2D eigenvalue weighted by Crippen LogP contribution is 2.42. The zero-order valence-electron chi connectivity index (χ0n) is 13.1. The number of aryl methyl sites for hydroxylation is 2. The molecule has 2 atom stereocenters. The molecule has 2 aliphatic rings. The molecule has 4 rings (SSSR count). The number of hydrogen-bond acceptors (Lipinski definition) is 2. The number of aromatic amines is 1. The average Bonchev–Trinajstić information content (AvgIpc) is 3.07. The van der Waals surface area contributed by atoms with Gasteiger partial charge in [0, 0.05) is 22.7 Å². The molecular formula is C18H22FN3O. The second kappa shape index (κ2) is 5.34. The molecule has 0 bridgehead atoms. The van der Waals surface area contributed by atoms with Crippen molar-refractivity contribution in [3.63, 3.8) is 0 Å². The maximum Gasteiger partial charge on any atom is 0.250 e. The van der Waals surface area contributed by atoms with Gasteiger partial charge >= 0.3 is 0 Å². The van der Waals surface area contributed by atoms with E-state index in [1.54, 1.807) is 0 Å². The smallest absolute Gasteiger partial charge is 0.250 e. The van der Waals surface area contributed by atoms with Crippen molar-refractivity contribution >= 4 is 16.8 Å². The van der Waals surface area contributed by atoms with Crippen LogP contribution >= 0.6 is 0 Å². The molecule has 0 spiro atoms. The summed E-state index contributed by atoms with van der Waals surface area (Å²) in [6.07, 6.45) is 6.75. The summed E-state index contributed by atoms with van der Waals surface area (Å²) in [6.45, 7) is 0. The molecule has 5 heteroatoms. The minimum atomic E-state index is -0.583. The maximum atomic E-state index is 14.9. The first kappa shape index (κ1) is 14.7. The molecule has 1 aromatic carbocycles. The van der Waals surface area contributed by atoms with Gasteiger partial charge in [-0.1, -0.05) is 6.42 Å². The zero-order chi connectivity index (χ0) is 16.1. The molecule has 1 saturated carbocycles. The Labute approximate surface area is 134 Å². The highest BCUT2D eigenvalue weighted by molar-refractivity contribution is 6.07. The molecule has 0 aliphatic heterocycles. The van der Waals surface area contributed by atoms with Gasteiger partial charge in [0.05, 0.1) is 11.1 Å². The van der Waals surface area contributed by atoms with E-state index in [-0.39, 0.29) is 23.3 Å². The quantitative estimate of drug-likeness (QED) is 0.796. The first-order valence-corrected chi connectivity index (χ1v) is 8.47. The van der Waals surface area contributed by atoms with Crippen LogP contribution in [0.1, 0.15) is 65.2 Å². The van der Waals surface area contributed by atoms with E-state index in [0.29, 0.717) is 0 Å². The molecule has 1 fully saturated rings. The lowest BCUT2D eigenvalue weighted by Gasteiger charge is -2.28. The normalized spacial score (nSPS) is 24.1. The van der Waals surface area contributed by atoms with Crippen molar-refractivity contribution in [1.29, 1.82) is 0 Å². The summed E-state index contributed by atoms with van der Waals surface area (Å²) < 4.78 is 14.9. The van der Waals surface area contributed by atoms with Crippen molar-refractivity contribution < 1.29 is 9.18 Å². The number of nitrogens with two attached hydrogens (primary N) is 2. The molecule has 1 heterocycles. The Morgan fingerprint density at radius 1 is 1.26 bits per heavy atom. The van der Waals surface area contributed by atoms with Crippen molar-refractivity contribution in [2.45, 2.75) is 56.9 Å². The first-order chi connectivity index (χ1) is 11.1. The van der Waals surface area contributed by atoms with Crippen LogP contribution in [0.3, 0.4) is 0 Å². The predicted octanol–water partition coefficient (Wildman–Crippen LogP) is 2.88. The van der Waals surface area contributed by atoms with E-state index < -0.39 is 5.91 Å². The highest BCUT2D eigenvalue weighted by Gasteiger charge is 2.30. The summed E-state index contributed by atoms with van der Waals surface area (Å²) in [5.41, 5.74) is 15.6. The molecule has 122 valence electrons. The van der Waals surface area contributed by atoms with Crippen LogP contribution < -0.4 is 11.5 Å². The lowest BCUT2D eigenvalue weighted by atomic mass is 9.79. The Morgan fingerprint density at radius 3 is 2.83 bits per heavy atom. The Kier molecular flexibility index (Phi) is 3.41. The molecule has 2 aliphatic carbocycles. The van der Waals surface area contributed by atoms with Crippen LogP contribution in [0.4, 0.5) is 4.39 Å². The first-order valence-electron chi connectivity index (χ1n) is 8.47. The van der Waals surface area contributed by atoms with E-state index in [9.17, 15) is 9.18 Å². The molecule has 0 radical (unpaired) electrons. The third kappa shape index (κ3) is 2.26. The number of aromatic nitrogens is 1. The predicted molar refractivity (Wildman–Crippen MR) is 88.0 cm³/mol. The van der Waals surface area contributed by atoms with Crippen LogP contribution in [0.25, 0.3) is 10.9 Å². The third-order valence-corrected chi connectivity index (χ3v) is 5.50. The summed E-state index contributed by atoms with van der Waals surface area (Å²) >= 11 is 0. The van der Waals surface area contributed by atoms with E-state index in [1.807, 2.05) is 0 Å². The fourth-order valence-electron chi connectivity index (χ4n) is 4.50. The molecule has 1 amide bonds. The molecule has 23 heavy (non-hydrogen) atoms. The van der Waals surface area contributed by atoms with Crippen molar-refractivity contribution in [3.05, 3.63) is 34.3 Å². The second-order valence-corrected chi connectivity index (χ2v) is 6.99. The van der Waals surface area contributed by atoms with Gasteiger partial charge in [-0.3, -0.25) is 4.79 Å². The number of amides is 1. The number of hydrogen-bond donors (Lipinski definition) is 3. The topological polar surface area (TPSA) is 84.9 Å². The number of primary amides is 1. The van der Waals surface area contributed by atoms with Crippen molar-refractivity contribution in [2.24, 2.45) is 11.5 Å². The Morgan fingerprint density at radius 2 is 2.09 bits per heavy atom. The Balaban J connectivity index is 1.98. The number of halogens is 1. The summed E-state index contributed by atoms with van der Waals surface area (Å²) in [7, 11) is 0. The van der Waals surface area contributed by atoms with Crippen LogP contribution in [-0.2, 0) is 12.8 Å². The minimum Gasteiger partial charge on any atom is -0.366 e. The molecule has 2 aromatic rings. The highest BCUT2D eigenvalue weighted by atomic mass is 19.1. The summed E-state index contributed by atoms with van der Waals surface area (Å²) in [5, 5.41) is 0.908. The third-order valence-electron chi connectivity index (χ3n) is 5.50. The Hall–Kier alpha value is -1.88. The number of H-pyrrole nitrogens is 1. The Bertz CT molecular complexity index is 795. The minimum absolute atomic E-state index is 0.128. The second-order valence-electron chi connectivity index (χ2n) is 6.99. The largest absolute Gasteiger partial charge is 0.366 e. The van der Waals surface area contributed by atoms with E-state index in [0.717, 1.165) is 67.1 Å². The summed E-state index contributed by atoms with van der Waals surface area (Å²) in [4.78, 5) is 15.1. The molecular weight excluding hydrogens is 293 g/mol. The van der Waals surface area contributed by atoms with Crippen molar-refractivity contribution in [3.8, 4) is 0 Å². The lowest BCUT2D eigenvalue weighted by Crippen LogP contribution is -2.27. The standard InChI is InChI=1S/C18H22FN3O/c19-13-8-12(18(21)23)17-16(11-5-2-6-14(11)22-17)15(13)9-3-1-4-10(20)7-9/h8-10,22H,1-7,20H2,(H2,21,23). The zero-order valence-corrected chi connectivity index (χ0v) is 13.1. The average molecular weight is 315 g/mol. The van der Waals surface area contributed by atoms with Crippen LogP contribution in [0.15, 0.2) is 6.07 Å². The number of rotatable bonds is 2. The van der Waals surface area contributed by atoms with E-state index in [2.05, 4.69) is 4.98 Å². The van der Waals surface area contributed by atoms with Crippen molar-refractivity contribution in [2.75, 3.05) is 0 Å². The fraction of sp³-hybridized carbons (Fsp3) is 0.500. The molecule has 5 N–H and O–H groups in total. The monoisotopic (exact) mass is 315 g/mol. The number of fused-ring (bicyclic) bond motifs is 3. The van der Waals surface area contributed by atoms with Crippen LogP contribution in [-0.4, -0.2) is 16.9 Å². The van der Waals surface area contributed by atoms with E-state index in [1.165, 1.54) is 11.6 Å². The molecule has 1 aromatic heterocycles. The number of benzene rings is 1. The SMILES string of the molecule is NC(=O)c1cc(F)c(C2CCCC(N)C2)c2c3c([nH]c12)CCC3. The fourth-order valence-corrected chi connectivity index (χ4v) is 4.50. The molecule has 2 unspecified atom stereocenters. The van der Waals surface area contributed by atoms with Gasteiger partial charge in [0.25, 0.3) is 5.91 Å². The number of carbonyl (C=O) groups excluding carboxylic acids is 1.